The Hall–Kier alpha value is -4.81. The Morgan fingerprint density at radius 2 is 0.571 bits per heavy atom. The van der Waals surface area contributed by atoms with Gasteiger partial charge in [-0.15, -0.1) is 0 Å². The minimum Gasteiger partial charge on any atom is -0.378 e. The van der Waals surface area contributed by atoms with Crippen LogP contribution < -0.4 is 30.2 Å². The highest BCUT2D eigenvalue weighted by Gasteiger charge is 2.56. The average molecular weight is 1880 g/mol. The van der Waals surface area contributed by atoms with Crippen LogP contribution >= 0.6 is 0 Å². The molecule has 133 heavy (non-hydrogen) atoms. The monoisotopic (exact) mass is 1880 g/mol. The summed E-state index contributed by atoms with van der Waals surface area (Å²) in [5, 5.41) is 20.4. The molecule has 3 aromatic rings. The van der Waals surface area contributed by atoms with Crippen LogP contribution in [-0.2, 0) is 33.8 Å². The fraction of sp³-hybridized carbons (Fsp3) is 0.912. The van der Waals surface area contributed by atoms with Gasteiger partial charge in [0.05, 0.1) is 75.9 Å². The van der Waals surface area contributed by atoms with E-state index in [1.165, 1.54) is 32.1 Å². The molecule has 2 N–H and O–H groups in total. The Kier molecular flexibility index (Phi) is 42.6. The molecule has 776 valence electrons. The van der Waals surface area contributed by atoms with Crippen molar-refractivity contribution in [3.63, 3.8) is 0 Å². The van der Waals surface area contributed by atoms with E-state index in [0.29, 0.717) is 55.9 Å². The minimum absolute atomic E-state index is 0. The summed E-state index contributed by atoms with van der Waals surface area (Å²) in [7, 11) is 17.5. The van der Waals surface area contributed by atoms with Crippen LogP contribution in [0.3, 0.4) is 0 Å². The molecule has 31 heteroatoms. The highest BCUT2D eigenvalue weighted by Crippen LogP contribution is 2.49. The van der Waals surface area contributed by atoms with E-state index in [4.69, 9.17) is 78.6 Å². The molecular weight excluding hydrogens is 1670 g/mol. The number of hydroxylamine groups is 12. The van der Waals surface area contributed by atoms with Crippen molar-refractivity contribution in [2.75, 3.05) is 140 Å². The van der Waals surface area contributed by atoms with Crippen LogP contribution in [0.15, 0.2) is 0 Å². The molecule has 0 amide bonds. The van der Waals surface area contributed by atoms with Crippen LogP contribution in [0.1, 0.15) is 378 Å². The maximum Gasteiger partial charge on any atom is 0.231 e. The zero-order chi connectivity index (χ0) is 95.1. The number of nitrogens with zero attached hydrogens (tertiary/aromatic N) is 22. The van der Waals surface area contributed by atoms with Crippen molar-refractivity contribution in [1.82, 2.24) is 89.9 Å². The molecule has 11 rings (SSSR count). The van der Waals surface area contributed by atoms with Crippen LogP contribution in [0.25, 0.3) is 0 Å². The van der Waals surface area contributed by atoms with E-state index in [9.17, 15) is 0 Å². The van der Waals surface area contributed by atoms with E-state index >= 15 is 0 Å². The van der Waals surface area contributed by atoms with Gasteiger partial charge in [-0.2, -0.15) is 75.2 Å². The quantitative estimate of drug-likeness (QED) is 0.0673. The standard InChI is InChI=1S/C34H66N8O2.C32H60N8O2.C30H56N8O3.6CH4/c1-24-35-27(38-30(5,6)22-29(2,3)4)37-28(36-24)40(26-20-33(11,12)42(44-17)34(13,14)21-26)23-39(15)25-18-31(7,8)41(43-16)32(9,10)19-25;1-23-33-27(35-24-16-14-13-15-17-24)36-28(34-23)38(26-20-31(6,7)40(42-12)32(8,9)21-26)22-37(10)25-18-29(2,3)39(41-11)30(4,5)19-25;1-22-31-25(35-13-15-41-16-14-35)33-26(32-22)36(24-19-29(6,7)38(40-12)30(8,9)20-24)21-34(10)23-17-27(2,3)37(39-11)28(4,5)18-23;;;;;;/h25-26H,18-23H2,1-17H3,(H,35,36,37,38);24-26H,13-22H2,1-12H3,(H,33,34,35,36);23-24H,13-21H2,1-12H3;6*1H4. The van der Waals surface area contributed by atoms with Crippen molar-refractivity contribution in [2.45, 2.75) is 496 Å². The summed E-state index contributed by atoms with van der Waals surface area (Å²) < 4.78 is 5.60. The Morgan fingerprint density at radius 3 is 0.835 bits per heavy atom. The number of aromatic nitrogens is 9. The minimum atomic E-state index is -0.177. The number of rotatable bonds is 27. The van der Waals surface area contributed by atoms with E-state index < -0.39 is 0 Å². The molecule has 10 heterocycles. The molecule has 7 saturated heterocycles. The molecule has 0 atom stereocenters. The van der Waals surface area contributed by atoms with E-state index in [0.717, 1.165) is 151 Å². The lowest BCUT2D eigenvalue weighted by molar-refractivity contribution is -0.272. The molecule has 0 radical (unpaired) electrons. The Balaban J connectivity index is 0.000000503. The zero-order valence-electron chi connectivity index (χ0n) is 87.9. The first-order chi connectivity index (χ1) is 58.3. The van der Waals surface area contributed by atoms with Gasteiger partial charge in [0.15, 0.2) is 0 Å². The molecule has 1 aliphatic carbocycles. The van der Waals surface area contributed by atoms with E-state index in [2.05, 4.69) is 297 Å². The zero-order valence-corrected chi connectivity index (χ0v) is 87.9. The topological polar surface area (TPSA) is 247 Å². The normalized spacial score (nSPS) is 23.6. The highest BCUT2D eigenvalue weighted by molar-refractivity contribution is 5.44. The van der Waals surface area contributed by atoms with E-state index in [1.54, 1.807) is 42.7 Å². The molecular formula is C102H206N24O7. The van der Waals surface area contributed by atoms with Crippen LogP contribution in [0, 0.1) is 26.2 Å². The number of hydrogen-bond acceptors (Lipinski definition) is 31. The first kappa shape index (κ1) is 122. The molecule has 0 unspecified atom stereocenters. The Bertz CT molecular complexity index is 3920. The van der Waals surface area contributed by atoms with Crippen LogP contribution in [0.5, 0.6) is 0 Å². The maximum absolute atomic E-state index is 5.97. The lowest BCUT2D eigenvalue weighted by Gasteiger charge is -2.57. The Morgan fingerprint density at radius 1 is 0.331 bits per heavy atom. The summed E-state index contributed by atoms with van der Waals surface area (Å²) in [5.74, 6) is 6.56. The Labute approximate surface area is 814 Å². The third-order valence-electron chi connectivity index (χ3n) is 28.5. The molecule has 0 bridgehead atoms. The summed E-state index contributed by atoms with van der Waals surface area (Å²) in [6.45, 7) is 77.1. The van der Waals surface area contributed by atoms with E-state index in [1.807, 2.05) is 20.8 Å². The van der Waals surface area contributed by atoms with Gasteiger partial charge >= 0.3 is 0 Å². The second-order valence-corrected chi connectivity index (χ2v) is 48.4. The lowest BCUT2D eigenvalue weighted by Crippen LogP contribution is -2.66. The van der Waals surface area contributed by atoms with Gasteiger partial charge < -0.3 is 64.0 Å². The van der Waals surface area contributed by atoms with Gasteiger partial charge in [0.25, 0.3) is 0 Å². The number of nitrogens with one attached hydrogen (secondary N) is 2. The van der Waals surface area contributed by atoms with Gasteiger partial charge in [0.1, 0.15) is 17.5 Å². The molecule has 0 aromatic carbocycles. The summed E-state index contributed by atoms with van der Waals surface area (Å²) in [4.78, 5) is 97.2. The van der Waals surface area contributed by atoms with Crippen molar-refractivity contribution in [3.8, 4) is 0 Å². The number of morpholine rings is 1. The molecule has 8 fully saturated rings. The predicted molar refractivity (Wildman–Crippen MR) is 555 cm³/mol. The summed E-state index contributed by atoms with van der Waals surface area (Å²) >= 11 is 0. The average Bonchev–Trinajstić information content (AvgIpc) is 0.772. The SMILES string of the molecule is C.C.C.C.C.C.CON1C(C)(C)CC(N(C)CN(c2nc(C)nc(N3CCOCC3)n2)C2CC(C)(C)N(OC)C(C)(C)C2)CC1(C)C.CON1C(C)(C)CC(N(C)CN(c2nc(C)nc(NC(C)(C)CC(C)(C)C)n2)C2CC(C)(C)N(OC)C(C)(C)C2)CC1(C)C.CON1C(C)(C)CC(N(C)CN(c2nc(C)nc(NC3CCCCC3)n2)C2CC(C)(C)N(OC)C(C)(C)C2)CC1(C)C. The third-order valence-corrected chi connectivity index (χ3v) is 28.5. The van der Waals surface area contributed by atoms with E-state index in [-0.39, 0.29) is 140 Å². The van der Waals surface area contributed by atoms with Gasteiger partial charge in [0.2, 0.25) is 35.7 Å². The summed E-state index contributed by atoms with van der Waals surface area (Å²) in [6.07, 6.45) is 18.8. The molecule has 8 aliphatic rings. The fourth-order valence-electron chi connectivity index (χ4n) is 25.8. The first-order valence-electron chi connectivity index (χ1n) is 47.8. The first-order valence-corrected chi connectivity index (χ1v) is 47.8. The highest BCUT2D eigenvalue weighted by atomic mass is 16.7. The van der Waals surface area contributed by atoms with Gasteiger partial charge in [-0.05, 0) is 324 Å². The number of piperidine rings is 6. The lowest BCUT2D eigenvalue weighted by atomic mass is 9.78. The van der Waals surface area contributed by atoms with Gasteiger partial charge in [-0.1, -0.05) is 84.6 Å². The molecule has 3 aromatic heterocycles. The summed E-state index contributed by atoms with van der Waals surface area (Å²) in [6, 6.07) is 2.19. The molecule has 31 nitrogen and oxygen atoms in total. The van der Waals surface area contributed by atoms with Crippen molar-refractivity contribution in [1.29, 1.82) is 0 Å². The smallest absolute Gasteiger partial charge is 0.231 e. The van der Waals surface area contributed by atoms with Crippen LogP contribution in [0.4, 0.5) is 35.7 Å². The molecule has 1 saturated carbocycles. The fourth-order valence-corrected chi connectivity index (χ4v) is 25.8. The number of ether oxygens (including phenoxy) is 1. The summed E-state index contributed by atoms with van der Waals surface area (Å²) in [5.41, 5.74) is -1.58. The largest absolute Gasteiger partial charge is 0.378 e. The second kappa shape index (κ2) is 46.3. The molecule has 7 aliphatic heterocycles. The second-order valence-electron chi connectivity index (χ2n) is 48.4. The third kappa shape index (κ3) is 29.9. The number of aryl methyl sites for hydroxylation is 3. The van der Waals surface area contributed by atoms with Crippen LogP contribution in [0.2, 0.25) is 0 Å². The van der Waals surface area contributed by atoms with Crippen LogP contribution in [-0.4, -0.2) is 314 Å². The molecule has 0 spiro atoms. The number of hydrogen-bond donors (Lipinski definition) is 2. The van der Waals surface area contributed by atoms with Crippen molar-refractivity contribution >= 4 is 35.7 Å². The van der Waals surface area contributed by atoms with Gasteiger partial charge in [-0.3, -0.25) is 14.7 Å². The van der Waals surface area contributed by atoms with Gasteiger partial charge in [0, 0.05) is 127 Å². The maximum atomic E-state index is 5.97. The van der Waals surface area contributed by atoms with Crippen molar-refractivity contribution < 1.29 is 33.8 Å². The number of anilines is 6. The van der Waals surface area contributed by atoms with Gasteiger partial charge in [-0.25, -0.2) is 0 Å². The van der Waals surface area contributed by atoms with Crippen molar-refractivity contribution in [3.05, 3.63) is 17.5 Å². The van der Waals surface area contributed by atoms with Crippen molar-refractivity contribution in [2.24, 2.45) is 5.41 Å². The predicted octanol–water partition coefficient (Wildman–Crippen LogP) is 20.1.